The number of nitrogens with two attached hydrogens (primary N) is 1. The number of benzene rings is 3. The Morgan fingerprint density at radius 3 is 2.40 bits per heavy atom. The predicted molar refractivity (Wildman–Crippen MR) is 166 cm³/mol. The van der Waals surface area contributed by atoms with Crippen LogP contribution in [0.15, 0.2) is 54.9 Å². The van der Waals surface area contributed by atoms with Gasteiger partial charge in [-0.3, -0.25) is 4.79 Å². The first-order chi connectivity index (χ1) is 22.4. The number of hydrogen-bond donors (Lipinski definition) is 1. The Labute approximate surface area is 273 Å². The molecule has 2 amide bonds. The topological polar surface area (TPSA) is 126 Å². The Bertz CT molecular complexity index is 1950. The standard InChI is InChI=1S/C34H29ClF2N4O6/c1-33(2,3)47-32(43)41-11-7-10-25(41)34(17-8-5-4-6-9-17)14-19-21(46-34)13-20(36)28(35)26(19)27-18(31(38)42)12-22-30(29(27)37)45-24-16-40-39-15-23(24)44-22/h4-6,8-9,12-13,15-16,25H,7,10-11,14H2,1-3H3,(H2,38,42)/t25-,34-/m0/s1. The number of ether oxygens (including phenoxy) is 4. The zero-order valence-corrected chi connectivity index (χ0v) is 26.4. The molecule has 47 heavy (non-hydrogen) atoms. The number of primary amides is 1. The maximum atomic E-state index is 16.7. The summed E-state index contributed by atoms with van der Waals surface area (Å²) < 4.78 is 56.5. The minimum Gasteiger partial charge on any atom is -0.480 e. The summed E-state index contributed by atoms with van der Waals surface area (Å²) in [5.74, 6) is -3.20. The van der Waals surface area contributed by atoms with Gasteiger partial charge in [0.05, 0.1) is 29.0 Å². The van der Waals surface area contributed by atoms with Crippen LogP contribution in [0, 0.1) is 11.6 Å². The van der Waals surface area contributed by atoms with Crippen molar-refractivity contribution >= 4 is 23.6 Å². The third-order valence-electron chi connectivity index (χ3n) is 8.49. The zero-order chi connectivity index (χ0) is 33.2. The molecule has 0 unspecified atom stereocenters. The Hall–Kier alpha value is -4.97. The molecule has 3 aliphatic heterocycles. The average molecular weight is 663 g/mol. The molecule has 13 heteroatoms. The summed E-state index contributed by atoms with van der Waals surface area (Å²) in [6.45, 7) is 5.76. The second-order valence-corrected chi connectivity index (χ2v) is 13.0. The van der Waals surface area contributed by atoms with E-state index in [0.717, 1.165) is 6.07 Å². The van der Waals surface area contributed by atoms with Gasteiger partial charge in [0.2, 0.25) is 11.7 Å². The average Bonchev–Trinajstić information content (AvgIpc) is 3.67. The lowest BCUT2D eigenvalue weighted by atomic mass is 9.79. The maximum absolute atomic E-state index is 16.7. The van der Waals surface area contributed by atoms with Crippen LogP contribution < -0.4 is 19.9 Å². The highest BCUT2D eigenvalue weighted by Crippen LogP contribution is 2.56. The largest absolute Gasteiger partial charge is 0.480 e. The van der Waals surface area contributed by atoms with Crippen molar-refractivity contribution in [2.24, 2.45) is 5.73 Å². The number of carbonyl (C=O) groups excluding carboxylic acids is 2. The quantitative estimate of drug-likeness (QED) is 0.212. The molecule has 3 aromatic carbocycles. The summed E-state index contributed by atoms with van der Waals surface area (Å²) in [6, 6.07) is 11.0. The van der Waals surface area contributed by atoms with Crippen LogP contribution in [-0.2, 0) is 16.8 Å². The van der Waals surface area contributed by atoms with E-state index in [1.165, 1.54) is 18.5 Å². The number of halogens is 3. The highest BCUT2D eigenvalue weighted by atomic mass is 35.5. The SMILES string of the molecule is CC(C)(C)OC(=O)N1CCC[C@H]1[C@@]1(c2ccccc2)Cc2c(cc(F)c(Cl)c2-c2c(C(N)=O)cc3c(c2F)Oc2cnncc2O3)O1. The Morgan fingerprint density at radius 1 is 1.02 bits per heavy atom. The van der Waals surface area contributed by atoms with Gasteiger partial charge in [-0.05, 0) is 45.2 Å². The second kappa shape index (κ2) is 11.1. The molecule has 1 aromatic heterocycles. The first kappa shape index (κ1) is 30.7. The van der Waals surface area contributed by atoms with E-state index in [1.807, 2.05) is 30.3 Å². The molecule has 1 saturated heterocycles. The van der Waals surface area contributed by atoms with Crippen molar-refractivity contribution in [3.63, 3.8) is 0 Å². The lowest BCUT2D eigenvalue weighted by molar-refractivity contribution is -0.0216. The van der Waals surface area contributed by atoms with Crippen LogP contribution in [0.3, 0.4) is 0 Å². The van der Waals surface area contributed by atoms with E-state index in [0.29, 0.717) is 30.5 Å². The lowest BCUT2D eigenvalue weighted by Crippen LogP contribution is -2.53. The van der Waals surface area contributed by atoms with Crippen LogP contribution in [0.25, 0.3) is 11.1 Å². The molecule has 0 saturated carbocycles. The molecule has 7 rings (SSSR count). The fourth-order valence-electron chi connectivity index (χ4n) is 6.61. The Kier molecular flexibility index (Phi) is 7.23. The molecule has 0 radical (unpaired) electrons. The van der Waals surface area contributed by atoms with E-state index in [9.17, 15) is 9.59 Å². The normalized spacial score (nSPS) is 19.5. The maximum Gasteiger partial charge on any atom is 0.410 e. The lowest BCUT2D eigenvalue weighted by Gasteiger charge is -2.40. The van der Waals surface area contributed by atoms with Gasteiger partial charge >= 0.3 is 6.09 Å². The molecular formula is C34H29ClF2N4O6. The van der Waals surface area contributed by atoms with E-state index in [1.54, 1.807) is 25.7 Å². The number of rotatable bonds is 4. The van der Waals surface area contributed by atoms with E-state index in [4.69, 9.17) is 36.3 Å². The predicted octanol–water partition coefficient (Wildman–Crippen LogP) is 7.30. The molecule has 10 nitrogen and oxygen atoms in total. The summed E-state index contributed by atoms with van der Waals surface area (Å²) in [5.41, 5.74) is 3.97. The second-order valence-electron chi connectivity index (χ2n) is 12.6. The number of carbonyl (C=O) groups is 2. The van der Waals surface area contributed by atoms with Gasteiger partial charge in [-0.15, -0.1) is 0 Å². The molecule has 1 fully saturated rings. The Balaban J connectivity index is 1.41. The first-order valence-corrected chi connectivity index (χ1v) is 15.3. The van der Waals surface area contributed by atoms with Gasteiger partial charge in [-0.1, -0.05) is 41.9 Å². The van der Waals surface area contributed by atoms with Gasteiger partial charge in [-0.2, -0.15) is 10.2 Å². The summed E-state index contributed by atoms with van der Waals surface area (Å²) in [4.78, 5) is 28.0. The number of aromatic nitrogens is 2. The molecule has 4 heterocycles. The zero-order valence-electron chi connectivity index (χ0n) is 25.6. The van der Waals surface area contributed by atoms with Crippen molar-refractivity contribution in [2.45, 2.75) is 57.3 Å². The number of likely N-dealkylation sites (tertiary alicyclic amines) is 1. The highest BCUT2D eigenvalue weighted by molar-refractivity contribution is 6.34. The molecule has 0 spiro atoms. The minimum absolute atomic E-state index is 0.0378. The van der Waals surface area contributed by atoms with Gasteiger partial charge in [0.25, 0.3) is 0 Å². The van der Waals surface area contributed by atoms with E-state index in [-0.39, 0.29) is 51.9 Å². The first-order valence-electron chi connectivity index (χ1n) is 15.0. The smallest absolute Gasteiger partial charge is 0.410 e. The van der Waals surface area contributed by atoms with Crippen molar-refractivity contribution in [2.75, 3.05) is 6.54 Å². The van der Waals surface area contributed by atoms with Crippen molar-refractivity contribution in [3.05, 3.63) is 88.2 Å². The monoisotopic (exact) mass is 662 g/mol. The van der Waals surface area contributed by atoms with E-state index < -0.39 is 45.9 Å². The van der Waals surface area contributed by atoms with Gasteiger partial charge in [0, 0.05) is 35.7 Å². The fraction of sp³-hybridized carbons (Fsp3) is 0.294. The molecule has 242 valence electrons. The summed E-state index contributed by atoms with van der Waals surface area (Å²) >= 11 is 6.65. The van der Waals surface area contributed by atoms with Gasteiger partial charge in [-0.25, -0.2) is 13.6 Å². The van der Waals surface area contributed by atoms with Crippen LogP contribution in [0.4, 0.5) is 13.6 Å². The molecule has 4 aromatic rings. The van der Waals surface area contributed by atoms with Crippen molar-refractivity contribution in [1.82, 2.24) is 15.1 Å². The molecule has 0 bridgehead atoms. The van der Waals surface area contributed by atoms with Gasteiger partial charge < -0.3 is 29.6 Å². The summed E-state index contributed by atoms with van der Waals surface area (Å²) in [5, 5.41) is 7.03. The number of hydrogen-bond acceptors (Lipinski definition) is 8. The number of nitrogens with zero attached hydrogens (tertiary/aromatic N) is 3. The van der Waals surface area contributed by atoms with E-state index >= 15 is 8.78 Å². The van der Waals surface area contributed by atoms with Crippen LogP contribution in [-0.4, -0.2) is 45.3 Å². The van der Waals surface area contributed by atoms with Crippen LogP contribution in [0.1, 0.15) is 55.1 Å². The van der Waals surface area contributed by atoms with Crippen LogP contribution in [0.5, 0.6) is 28.7 Å². The van der Waals surface area contributed by atoms with Gasteiger partial charge in [0.15, 0.2) is 28.7 Å². The van der Waals surface area contributed by atoms with Crippen LogP contribution >= 0.6 is 11.6 Å². The molecule has 2 N–H and O–H groups in total. The molecule has 2 atom stereocenters. The van der Waals surface area contributed by atoms with Crippen LogP contribution in [0.2, 0.25) is 5.02 Å². The van der Waals surface area contributed by atoms with Crippen molar-refractivity contribution in [1.29, 1.82) is 0 Å². The summed E-state index contributed by atoms with van der Waals surface area (Å²) in [7, 11) is 0. The minimum atomic E-state index is -1.25. The van der Waals surface area contributed by atoms with Crippen molar-refractivity contribution in [3.8, 4) is 39.9 Å². The number of amides is 2. The molecule has 3 aliphatic rings. The molecular weight excluding hydrogens is 634 g/mol. The summed E-state index contributed by atoms with van der Waals surface area (Å²) in [6.07, 6.45) is 3.24. The van der Waals surface area contributed by atoms with E-state index in [2.05, 4.69) is 10.2 Å². The molecule has 0 aliphatic carbocycles. The van der Waals surface area contributed by atoms with Crippen molar-refractivity contribution < 1.29 is 37.3 Å². The fourth-order valence-corrected chi connectivity index (χ4v) is 6.87. The third-order valence-corrected chi connectivity index (χ3v) is 8.86. The van der Waals surface area contributed by atoms with Gasteiger partial charge in [0.1, 0.15) is 17.2 Å². The highest BCUT2D eigenvalue weighted by Gasteiger charge is 2.54. The third kappa shape index (κ3) is 5.07. The number of fused-ring (bicyclic) bond motifs is 3. The Morgan fingerprint density at radius 2 is 1.72 bits per heavy atom.